The van der Waals surface area contributed by atoms with Gasteiger partial charge in [0.2, 0.25) is 0 Å². The van der Waals surface area contributed by atoms with E-state index >= 15 is 0 Å². The van der Waals surface area contributed by atoms with E-state index in [9.17, 15) is 13.6 Å². The fraction of sp³-hybridized carbons (Fsp3) is 0.143. The van der Waals surface area contributed by atoms with Crippen molar-refractivity contribution in [2.24, 2.45) is 0 Å². The second kappa shape index (κ2) is 9.45. The van der Waals surface area contributed by atoms with E-state index in [1.54, 1.807) is 6.20 Å². The van der Waals surface area contributed by atoms with Crippen LogP contribution in [-0.2, 0) is 13.2 Å². The SMILES string of the molecule is O=C(NCc1cccc(OCc2ccccn2)c1)c1ccc(OC(F)F)cc1. The number of nitrogens with one attached hydrogen (secondary N) is 1. The van der Waals surface area contributed by atoms with E-state index in [0.29, 0.717) is 24.5 Å². The van der Waals surface area contributed by atoms with Crippen LogP contribution in [-0.4, -0.2) is 17.5 Å². The third-order valence-corrected chi connectivity index (χ3v) is 3.81. The molecule has 7 heteroatoms. The molecule has 3 rings (SSSR count). The molecule has 1 N–H and O–H groups in total. The Balaban J connectivity index is 1.53. The molecule has 0 saturated carbocycles. The van der Waals surface area contributed by atoms with Gasteiger partial charge in [-0.25, -0.2) is 0 Å². The Morgan fingerprint density at radius 3 is 2.54 bits per heavy atom. The van der Waals surface area contributed by atoms with Crippen LogP contribution in [0.25, 0.3) is 0 Å². The predicted octanol–water partition coefficient (Wildman–Crippen LogP) is 4.19. The summed E-state index contributed by atoms with van der Waals surface area (Å²) in [7, 11) is 0. The molecule has 0 bridgehead atoms. The van der Waals surface area contributed by atoms with E-state index in [0.717, 1.165) is 11.3 Å². The van der Waals surface area contributed by atoms with Gasteiger partial charge in [-0.1, -0.05) is 18.2 Å². The first-order valence-corrected chi connectivity index (χ1v) is 8.55. The number of halogens is 2. The van der Waals surface area contributed by atoms with Gasteiger partial charge in [-0.05, 0) is 54.1 Å². The molecule has 1 heterocycles. The summed E-state index contributed by atoms with van der Waals surface area (Å²) < 4.78 is 34.3. The number of alkyl halides is 2. The fourth-order valence-corrected chi connectivity index (χ4v) is 2.46. The van der Waals surface area contributed by atoms with Gasteiger partial charge in [-0.2, -0.15) is 8.78 Å². The summed E-state index contributed by atoms with van der Waals surface area (Å²) >= 11 is 0. The maximum absolute atomic E-state index is 12.2. The quantitative estimate of drug-likeness (QED) is 0.633. The Bertz CT molecular complexity index is 903. The molecule has 0 atom stereocenters. The molecule has 3 aromatic rings. The number of benzene rings is 2. The fourth-order valence-electron chi connectivity index (χ4n) is 2.46. The van der Waals surface area contributed by atoms with Crippen LogP contribution in [0, 0.1) is 0 Å². The highest BCUT2D eigenvalue weighted by molar-refractivity contribution is 5.94. The first-order chi connectivity index (χ1) is 13.6. The number of carbonyl (C=O) groups excluding carboxylic acids is 1. The minimum Gasteiger partial charge on any atom is -0.487 e. The zero-order valence-electron chi connectivity index (χ0n) is 14.8. The third kappa shape index (κ3) is 5.77. The molecule has 2 aromatic carbocycles. The molecule has 1 amide bonds. The molecule has 0 spiro atoms. The van der Waals surface area contributed by atoms with Crippen LogP contribution in [0.2, 0.25) is 0 Å². The van der Waals surface area contributed by atoms with Gasteiger partial charge in [-0.15, -0.1) is 0 Å². The average molecular weight is 384 g/mol. The van der Waals surface area contributed by atoms with Crippen LogP contribution in [0.5, 0.6) is 11.5 Å². The van der Waals surface area contributed by atoms with E-state index in [1.165, 1.54) is 24.3 Å². The number of nitrogens with zero attached hydrogens (tertiary/aromatic N) is 1. The summed E-state index contributed by atoms with van der Waals surface area (Å²) in [6, 6.07) is 18.5. The van der Waals surface area contributed by atoms with E-state index in [-0.39, 0.29) is 11.7 Å². The van der Waals surface area contributed by atoms with Crippen molar-refractivity contribution in [2.75, 3.05) is 0 Å². The van der Waals surface area contributed by atoms with Crippen LogP contribution in [0.1, 0.15) is 21.6 Å². The van der Waals surface area contributed by atoms with Crippen LogP contribution >= 0.6 is 0 Å². The lowest BCUT2D eigenvalue weighted by Gasteiger charge is -2.09. The number of aromatic nitrogens is 1. The summed E-state index contributed by atoms with van der Waals surface area (Å²) in [6.07, 6.45) is 1.71. The first-order valence-electron chi connectivity index (χ1n) is 8.55. The molecule has 1 aromatic heterocycles. The maximum atomic E-state index is 12.2. The number of rotatable bonds is 8. The van der Waals surface area contributed by atoms with Gasteiger partial charge in [-0.3, -0.25) is 9.78 Å². The summed E-state index contributed by atoms with van der Waals surface area (Å²) in [5.41, 5.74) is 2.04. The third-order valence-electron chi connectivity index (χ3n) is 3.81. The molecule has 0 fully saturated rings. The normalized spacial score (nSPS) is 10.5. The number of pyridine rings is 1. The lowest BCUT2D eigenvalue weighted by molar-refractivity contribution is -0.0498. The van der Waals surface area contributed by atoms with Crippen molar-refractivity contribution in [3.05, 3.63) is 89.7 Å². The van der Waals surface area contributed by atoms with Gasteiger partial charge in [0.05, 0.1) is 5.69 Å². The zero-order chi connectivity index (χ0) is 19.8. The van der Waals surface area contributed by atoms with Crippen LogP contribution in [0.15, 0.2) is 72.9 Å². The van der Waals surface area contributed by atoms with Crippen molar-refractivity contribution in [1.82, 2.24) is 10.3 Å². The Kier molecular flexibility index (Phi) is 6.51. The highest BCUT2D eigenvalue weighted by atomic mass is 19.3. The number of hydrogen-bond donors (Lipinski definition) is 1. The highest BCUT2D eigenvalue weighted by Gasteiger charge is 2.08. The Hall–Kier alpha value is -3.48. The monoisotopic (exact) mass is 384 g/mol. The standard InChI is InChI=1S/C21H18F2N2O3/c22-21(23)28-18-9-7-16(8-10-18)20(26)25-13-15-4-3-6-19(12-15)27-14-17-5-1-2-11-24-17/h1-12,21H,13-14H2,(H,25,26). The molecule has 0 saturated heterocycles. The minimum atomic E-state index is -2.90. The Morgan fingerprint density at radius 2 is 1.82 bits per heavy atom. The van der Waals surface area contributed by atoms with Crippen LogP contribution in [0.4, 0.5) is 8.78 Å². The van der Waals surface area contributed by atoms with E-state index in [4.69, 9.17) is 4.74 Å². The van der Waals surface area contributed by atoms with Gasteiger partial charge in [0, 0.05) is 18.3 Å². The van der Waals surface area contributed by atoms with Crippen molar-refractivity contribution in [3.8, 4) is 11.5 Å². The maximum Gasteiger partial charge on any atom is 0.387 e. The van der Waals surface area contributed by atoms with E-state index < -0.39 is 6.61 Å². The number of hydrogen-bond acceptors (Lipinski definition) is 4. The second-order valence-corrected chi connectivity index (χ2v) is 5.84. The number of ether oxygens (including phenoxy) is 2. The van der Waals surface area contributed by atoms with E-state index in [2.05, 4.69) is 15.0 Å². The van der Waals surface area contributed by atoms with Gasteiger partial charge >= 0.3 is 6.61 Å². The Morgan fingerprint density at radius 1 is 1.00 bits per heavy atom. The summed E-state index contributed by atoms with van der Waals surface area (Å²) in [5, 5.41) is 2.78. The molecular formula is C21H18F2N2O3. The Labute approximate surface area is 160 Å². The highest BCUT2D eigenvalue weighted by Crippen LogP contribution is 2.16. The van der Waals surface area contributed by atoms with Gasteiger partial charge < -0.3 is 14.8 Å². The largest absolute Gasteiger partial charge is 0.487 e. The minimum absolute atomic E-state index is 0.00399. The van der Waals surface area contributed by atoms with Crippen molar-refractivity contribution in [2.45, 2.75) is 19.8 Å². The van der Waals surface area contributed by atoms with Gasteiger partial charge in [0.25, 0.3) is 5.91 Å². The van der Waals surface area contributed by atoms with Crippen LogP contribution < -0.4 is 14.8 Å². The first kappa shape index (κ1) is 19.3. The second-order valence-electron chi connectivity index (χ2n) is 5.84. The van der Waals surface area contributed by atoms with Crippen molar-refractivity contribution in [1.29, 1.82) is 0 Å². The molecule has 0 unspecified atom stereocenters. The topological polar surface area (TPSA) is 60.5 Å². The van der Waals surface area contributed by atoms with Crippen LogP contribution in [0.3, 0.4) is 0 Å². The smallest absolute Gasteiger partial charge is 0.387 e. The molecule has 144 valence electrons. The lowest BCUT2D eigenvalue weighted by atomic mass is 10.2. The van der Waals surface area contributed by atoms with E-state index in [1.807, 2.05) is 42.5 Å². The summed E-state index contributed by atoms with van der Waals surface area (Å²) in [4.78, 5) is 16.4. The molecule has 0 aliphatic carbocycles. The number of amides is 1. The average Bonchev–Trinajstić information content (AvgIpc) is 2.72. The van der Waals surface area contributed by atoms with Crippen molar-refractivity contribution >= 4 is 5.91 Å². The predicted molar refractivity (Wildman–Crippen MR) is 99.3 cm³/mol. The molecule has 28 heavy (non-hydrogen) atoms. The van der Waals surface area contributed by atoms with Crippen molar-refractivity contribution < 1.29 is 23.0 Å². The van der Waals surface area contributed by atoms with Gasteiger partial charge in [0.1, 0.15) is 18.1 Å². The summed E-state index contributed by atoms with van der Waals surface area (Å²) in [5.74, 6) is 0.360. The van der Waals surface area contributed by atoms with Gasteiger partial charge in [0.15, 0.2) is 0 Å². The molecular weight excluding hydrogens is 366 g/mol. The zero-order valence-corrected chi connectivity index (χ0v) is 14.8. The number of carbonyl (C=O) groups is 1. The lowest BCUT2D eigenvalue weighted by Crippen LogP contribution is -2.22. The molecule has 0 aliphatic heterocycles. The molecule has 0 radical (unpaired) electrons. The summed E-state index contributed by atoms with van der Waals surface area (Å²) in [6.45, 7) is -2.25. The van der Waals surface area contributed by atoms with Crippen molar-refractivity contribution in [3.63, 3.8) is 0 Å². The molecule has 0 aliphatic rings. The molecule has 5 nitrogen and oxygen atoms in total.